The van der Waals surface area contributed by atoms with Crippen molar-refractivity contribution in [1.29, 1.82) is 0 Å². The van der Waals surface area contributed by atoms with Gasteiger partial charge in [-0.1, -0.05) is 13.8 Å². The maximum Gasteiger partial charge on any atom is 0.162 e. The molecule has 1 atom stereocenters. The lowest BCUT2D eigenvalue weighted by atomic mass is 10.0. The minimum Gasteiger partial charge on any atom is -0.493 e. The number of rotatable bonds is 6. The number of benzene rings is 1. The Kier molecular flexibility index (Phi) is 5.28. The van der Waals surface area contributed by atoms with E-state index in [1.165, 1.54) is 0 Å². The molecule has 0 amide bonds. The molecule has 0 aromatic heterocycles. The Labute approximate surface area is 110 Å². The van der Waals surface area contributed by atoms with E-state index in [2.05, 4.69) is 25.8 Å². The zero-order chi connectivity index (χ0) is 13.7. The van der Waals surface area contributed by atoms with E-state index >= 15 is 0 Å². The van der Waals surface area contributed by atoms with Crippen molar-refractivity contribution in [3.63, 3.8) is 0 Å². The van der Waals surface area contributed by atoms with Crippen LogP contribution in [0.5, 0.6) is 11.5 Å². The highest BCUT2D eigenvalue weighted by Gasteiger charge is 2.18. The minimum atomic E-state index is 0.308. The summed E-state index contributed by atoms with van der Waals surface area (Å²) in [5.41, 5.74) is 6.92. The quantitative estimate of drug-likeness (QED) is 0.842. The van der Waals surface area contributed by atoms with Gasteiger partial charge in [-0.2, -0.15) is 0 Å². The molecular formula is C14H24N2O2. The molecule has 102 valence electrons. The summed E-state index contributed by atoms with van der Waals surface area (Å²) in [4.78, 5) is 2.19. The molecule has 18 heavy (non-hydrogen) atoms. The van der Waals surface area contributed by atoms with Gasteiger partial charge in [0.2, 0.25) is 0 Å². The smallest absolute Gasteiger partial charge is 0.162 e. The maximum absolute atomic E-state index is 5.84. The molecule has 1 unspecified atom stereocenters. The van der Waals surface area contributed by atoms with Gasteiger partial charge in [-0.05, 0) is 18.1 Å². The van der Waals surface area contributed by atoms with Crippen LogP contribution >= 0.6 is 0 Å². The molecule has 0 bridgehead atoms. The lowest BCUT2D eigenvalue weighted by Gasteiger charge is -2.32. The molecule has 0 heterocycles. The molecule has 1 aromatic rings. The molecular weight excluding hydrogens is 228 g/mol. The van der Waals surface area contributed by atoms with Crippen LogP contribution in [0.2, 0.25) is 0 Å². The molecule has 4 heteroatoms. The Hall–Kier alpha value is -1.42. The second-order valence-corrected chi connectivity index (χ2v) is 4.70. The maximum atomic E-state index is 5.84. The van der Waals surface area contributed by atoms with E-state index in [0.717, 1.165) is 17.2 Å². The van der Waals surface area contributed by atoms with Gasteiger partial charge in [0.05, 0.1) is 14.2 Å². The van der Waals surface area contributed by atoms with Gasteiger partial charge in [0, 0.05) is 31.4 Å². The first-order valence-corrected chi connectivity index (χ1v) is 6.20. The van der Waals surface area contributed by atoms with Gasteiger partial charge in [0.15, 0.2) is 11.5 Å². The third kappa shape index (κ3) is 3.07. The van der Waals surface area contributed by atoms with Crippen LogP contribution in [0.4, 0.5) is 5.69 Å². The summed E-state index contributed by atoms with van der Waals surface area (Å²) in [6.45, 7) is 4.98. The van der Waals surface area contributed by atoms with Crippen LogP contribution in [-0.2, 0) is 0 Å². The summed E-state index contributed by atoms with van der Waals surface area (Å²) >= 11 is 0. The molecule has 1 aromatic carbocycles. The molecule has 4 nitrogen and oxygen atoms in total. The van der Waals surface area contributed by atoms with E-state index in [9.17, 15) is 0 Å². The van der Waals surface area contributed by atoms with Crippen molar-refractivity contribution < 1.29 is 9.47 Å². The predicted molar refractivity (Wildman–Crippen MR) is 75.6 cm³/mol. The highest BCUT2D eigenvalue weighted by atomic mass is 16.5. The standard InChI is InChI=1S/C14H24N2O2/c1-10(2)12(9-15)16(3)11-6-7-13(17-4)14(8-11)18-5/h6-8,10,12H,9,15H2,1-5H3. The lowest BCUT2D eigenvalue weighted by Crippen LogP contribution is -2.41. The van der Waals surface area contributed by atoms with Crippen LogP contribution in [0.3, 0.4) is 0 Å². The number of ether oxygens (including phenoxy) is 2. The summed E-state index contributed by atoms with van der Waals surface area (Å²) in [5, 5.41) is 0. The van der Waals surface area contributed by atoms with Crippen molar-refractivity contribution in [3.05, 3.63) is 18.2 Å². The predicted octanol–water partition coefficient (Wildman–Crippen LogP) is 2.12. The van der Waals surface area contributed by atoms with Crippen molar-refractivity contribution in [3.8, 4) is 11.5 Å². The van der Waals surface area contributed by atoms with Crippen molar-refractivity contribution in [2.75, 3.05) is 32.7 Å². The summed E-state index contributed by atoms with van der Waals surface area (Å²) in [6, 6.07) is 6.22. The van der Waals surface area contributed by atoms with E-state index in [0.29, 0.717) is 18.5 Å². The SMILES string of the molecule is COc1ccc(N(C)C(CN)C(C)C)cc1OC. The van der Waals surface area contributed by atoms with E-state index in [1.807, 2.05) is 18.2 Å². The first-order chi connectivity index (χ1) is 8.54. The third-order valence-electron chi connectivity index (χ3n) is 3.28. The molecule has 0 fully saturated rings. The number of likely N-dealkylation sites (N-methyl/N-ethyl adjacent to an activating group) is 1. The van der Waals surface area contributed by atoms with Gasteiger partial charge in [-0.25, -0.2) is 0 Å². The van der Waals surface area contributed by atoms with E-state index in [-0.39, 0.29) is 0 Å². The number of methoxy groups -OCH3 is 2. The first kappa shape index (κ1) is 14.6. The van der Waals surface area contributed by atoms with Gasteiger partial charge in [0.25, 0.3) is 0 Å². The first-order valence-electron chi connectivity index (χ1n) is 6.20. The Balaban J connectivity index is 3.02. The lowest BCUT2D eigenvalue weighted by molar-refractivity contribution is 0.355. The van der Waals surface area contributed by atoms with Gasteiger partial charge in [-0.3, -0.25) is 0 Å². The fourth-order valence-corrected chi connectivity index (χ4v) is 2.11. The van der Waals surface area contributed by atoms with Gasteiger partial charge < -0.3 is 20.1 Å². The van der Waals surface area contributed by atoms with Crippen molar-refractivity contribution in [1.82, 2.24) is 0 Å². The number of anilines is 1. The largest absolute Gasteiger partial charge is 0.493 e. The molecule has 0 saturated carbocycles. The molecule has 0 spiro atoms. The zero-order valence-corrected chi connectivity index (χ0v) is 11.9. The van der Waals surface area contributed by atoms with Crippen LogP contribution in [0.15, 0.2) is 18.2 Å². The molecule has 0 radical (unpaired) electrons. The van der Waals surface area contributed by atoms with Crippen molar-refractivity contribution in [2.45, 2.75) is 19.9 Å². The van der Waals surface area contributed by atoms with E-state index < -0.39 is 0 Å². The van der Waals surface area contributed by atoms with Crippen molar-refractivity contribution in [2.24, 2.45) is 11.7 Å². The monoisotopic (exact) mass is 252 g/mol. The topological polar surface area (TPSA) is 47.7 Å². The fraction of sp³-hybridized carbons (Fsp3) is 0.571. The Morgan fingerprint density at radius 1 is 1.17 bits per heavy atom. The number of hydrogen-bond acceptors (Lipinski definition) is 4. The van der Waals surface area contributed by atoms with Crippen molar-refractivity contribution >= 4 is 5.69 Å². The molecule has 0 aliphatic carbocycles. The van der Waals surface area contributed by atoms with Crippen LogP contribution < -0.4 is 20.1 Å². The summed E-state index contributed by atoms with van der Waals surface area (Å²) in [5.74, 6) is 1.97. The second kappa shape index (κ2) is 6.50. The number of nitrogens with two attached hydrogens (primary N) is 1. The second-order valence-electron chi connectivity index (χ2n) is 4.70. The summed E-state index contributed by atoms with van der Waals surface area (Å²) in [6.07, 6.45) is 0. The number of nitrogens with zero attached hydrogens (tertiary/aromatic N) is 1. The average Bonchev–Trinajstić information content (AvgIpc) is 2.38. The van der Waals surface area contributed by atoms with Crippen LogP contribution in [-0.4, -0.2) is 33.9 Å². The van der Waals surface area contributed by atoms with E-state index in [1.54, 1.807) is 14.2 Å². The zero-order valence-electron chi connectivity index (χ0n) is 11.9. The molecule has 2 N–H and O–H groups in total. The van der Waals surface area contributed by atoms with Gasteiger partial charge in [-0.15, -0.1) is 0 Å². The Morgan fingerprint density at radius 2 is 1.78 bits per heavy atom. The van der Waals surface area contributed by atoms with Crippen LogP contribution in [0, 0.1) is 5.92 Å². The Morgan fingerprint density at radius 3 is 2.22 bits per heavy atom. The molecule has 0 aliphatic heterocycles. The average molecular weight is 252 g/mol. The Bertz CT molecular complexity index is 380. The third-order valence-corrected chi connectivity index (χ3v) is 3.28. The molecule has 0 saturated heterocycles. The normalized spacial score (nSPS) is 12.4. The van der Waals surface area contributed by atoms with Crippen LogP contribution in [0.25, 0.3) is 0 Å². The highest BCUT2D eigenvalue weighted by molar-refractivity contribution is 5.56. The molecule has 0 aliphatic rings. The van der Waals surface area contributed by atoms with E-state index in [4.69, 9.17) is 15.2 Å². The van der Waals surface area contributed by atoms with Crippen LogP contribution in [0.1, 0.15) is 13.8 Å². The summed E-state index contributed by atoms with van der Waals surface area (Å²) in [7, 11) is 5.33. The van der Waals surface area contributed by atoms with Gasteiger partial charge in [0.1, 0.15) is 0 Å². The fourth-order valence-electron chi connectivity index (χ4n) is 2.11. The molecule has 1 rings (SSSR count). The number of hydrogen-bond donors (Lipinski definition) is 1. The highest BCUT2D eigenvalue weighted by Crippen LogP contribution is 2.32. The minimum absolute atomic E-state index is 0.308. The summed E-state index contributed by atoms with van der Waals surface area (Å²) < 4.78 is 10.6. The van der Waals surface area contributed by atoms with Gasteiger partial charge >= 0.3 is 0 Å².